The molecule has 1 saturated heterocycles. The molecular weight excluding hydrogens is 276 g/mol. The minimum absolute atomic E-state index is 0.0128. The third kappa shape index (κ3) is 3.04. The van der Waals surface area contributed by atoms with Crippen molar-refractivity contribution in [3.05, 3.63) is 22.8 Å². The number of rotatable bonds is 3. The van der Waals surface area contributed by atoms with Crippen molar-refractivity contribution < 1.29 is 4.79 Å². The highest BCUT2D eigenvalue weighted by molar-refractivity contribution is 6.33. The van der Waals surface area contributed by atoms with Crippen LogP contribution in [0, 0.1) is 5.41 Å². The van der Waals surface area contributed by atoms with E-state index in [1.54, 1.807) is 6.07 Å². The highest BCUT2D eigenvalue weighted by Crippen LogP contribution is 2.34. The lowest BCUT2D eigenvalue weighted by Crippen LogP contribution is -2.42. The summed E-state index contributed by atoms with van der Waals surface area (Å²) in [4.78, 5) is 18.3. The van der Waals surface area contributed by atoms with Gasteiger partial charge in [0.2, 0.25) is 0 Å². The molecule has 0 aromatic carbocycles. The average molecular weight is 297 g/mol. The molecule has 2 rings (SSSR count). The topological polar surface area (TPSA) is 71.2 Å². The van der Waals surface area contributed by atoms with E-state index in [0.717, 1.165) is 32.4 Å². The van der Waals surface area contributed by atoms with Gasteiger partial charge < -0.3 is 10.3 Å². The maximum Gasteiger partial charge on any atom is 0.255 e. The minimum atomic E-state index is -0.0128. The van der Waals surface area contributed by atoms with Gasteiger partial charge in [-0.25, -0.2) is 10.8 Å². The molecule has 20 heavy (non-hydrogen) atoms. The van der Waals surface area contributed by atoms with Gasteiger partial charge in [-0.15, -0.1) is 0 Å². The van der Waals surface area contributed by atoms with Crippen LogP contribution in [0.2, 0.25) is 5.02 Å². The Bertz CT molecular complexity index is 498. The summed E-state index contributed by atoms with van der Waals surface area (Å²) in [5.74, 6) is 5.64. The van der Waals surface area contributed by atoms with Gasteiger partial charge in [-0.2, -0.15) is 0 Å². The van der Waals surface area contributed by atoms with E-state index in [4.69, 9.17) is 17.4 Å². The van der Waals surface area contributed by atoms with Crippen LogP contribution in [-0.4, -0.2) is 28.9 Å². The fraction of sp³-hybridized carbons (Fsp3) is 0.571. The second-order valence-corrected chi connectivity index (χ2v) is 6.06. The maximum atomic E-state index is 12.4. The molecule has 1 amide bonds. The number of anilines is 1. The summed E-state index contributed by atoms with van der Waals surface area (Å²) in [6.45, 7) is 6.07. The van der Waals surface area contributed by atoms with E-state index < -0.39 is 0 Å². The second kappa shape index (κ2) is 5.97. The number of piperidine rings is 1. The van der Waals surface area contributed by atoms with E-state index in [1.165, 1.54) is 6.20 Å². The first-order chi connectivity index (χ1) is 9.49. The standard InChI is InChI=1S/C14H21ClN4O/c1-3-14(2)4-6-19(7-5-14)13(20)10-8-11(15)12(18-16)17-9-10/h8-9H,3-7,16H2,1-2H3,(H,17,18). The number of carbonyl (C=O) groups excluding carboxylic acids is 1. The van der Waals surface area contributed by atoms with Crippen molar-refractivity contribution in [2.45, 2.75) is 33.1 Å². The molecule has 1 fully saturated rings. The lowest BCUT2D eigenvalue weighted by Gasteiger charge is -2.38. The Morgan fingerprint density at radius 1 is 1.55 bits per heavy atom. The second-order valence-electron chi connectivity index (χ2n) is 5.66. The van der Waals surface area contributed by atoms with Crippen molar-refractivity contribution in [1.29, 1.82) is 0 Å². The first-order valence-electron chi connectivity index (χ1n) is 6.90. The monoisotopic (exact) mass is 296 g/mol. The molecule has 0 saturated carbocycles. The molecule has 0 atom stereocenters. The Balaban J connectivity index is 2.07. The zero-order valence-corrected chi connectivity index (χ0v) is 12.7. The lowest BCUT2D eigenvalue weighted by atomic mass is 9.78. The molecule has 1 aliphatic heterocycles. The number of likely N-dealkylation sites (tertiary alicyclic amines) is 1. The summed E-state index contributed by atoms with van der Waals surface area (Å²) in [5, 5.41) is 0.355. The van der Waals surface area contributed by atoms with Gasteiger partial charge >= 0.3 is 0 Å². The van der Waals surface area contributed by atoms with Crippen LogP contribution in [0.15, 0.2) is 12.3 Å². The van der Waals surface area contributed by atoms with E-state index in [-0.39, 0.29) is 5.91 Å². The minimum Gasteiger partial charge on any atom is -0.339 e. The number of nitrogen functional groups attached to an aromatic ring is 1. The highest BCUT2D eigenvalue weighted by Gasteiger charge is 2.30. The fourth-order valence-corrected chi connectivity index (χ4v) is 2.67. The quantitative estimate of drug-likeness (QED) is 0.664. The summed E-state index contributed by atoms with van der Waals surface area (Å²) >= 11 is 6.00. The number of aromatic nitrogens is 1. The van der Waals surface area contributed by atoms with E-state index in [9.17, 15) is 4.79 Å². The van der Waals surface area contributed by atoms with Crippen LogP contribution in [0.25, 0.3) is 0 Å². The number of nitrogens with two attached hydrogens (primary N) is 1. The third-order valence-corrected chi connectivity index (χ3v) is 4.62. The number of nitrogens with zero attached hydrogens (tertiary/aromatic N) is 2. The molecule has 1 aromatic heterocycles. The van der Waals surface area contributed by atoms with Crippen molar-refractivity contribution >= 4 is 23.3 Å². The van der Waals surface area contributed by atoms with Crippen LogP contribution < -0.4 is 11.3 Å². The number of halogens is 1. The van der Waals surface area contributed by atoms with Gasteiger partial charge in [-0.05, 0) is 24.3 Å². The molecule has 1 aliphatic rings. The van der Waals surface area contributed by atoms with E-state index >= 15 is 0 Å². The first-order valence-corrected chi connectivity index (χ1v) is 7.28. The SMILES string of the molecule is CCC1(C)CCN(C(=O)c2cnc(NN)c(Cl)c2)CC1. The van der Waals surface area contributed by atoms with Gasteiger partial charge in [-0.1, -0.05) is 31.9 Å². The Labute approximate surface area is 124 Å². The zero-order chi connectivity index (χ0) is 14.8. The van der Waals surface area contributed by atoms with E-state index in [2.05, 4.69) is 24.3 Å². The van der Waals surface area contributed by atoms with Crippen molar-refractivity contribution in [2.24, 2.45) is 11.3 Å². The predicted octanol–water partition coefficient (Wildman–Crippen LogP) is 2.67. The lowest BCUT2D eigenvalue weighted by molar-refractivity contribution is 0.0600. The molecule has 0 aliphatic carbocycles. The number of hydrogen-bond donors (Lipinski definition) is 2. The normalized spacial score (nSPS) is 17.9. The van der Waals surface area contributed by atoms with Crippen LogP contribution in [0.1, 0.15) is 43.5 Å². The summed E-state index contributed by atoms with van der Waals surface area (Å²) in [7, 11) is 0. The first kappa shape index (κ1) is 15.1. The highest BCUT2D eigenvalue weighted by atomic mass is 35.5. The third-order valence-electron chi connectivity index (χ3n) is 4.34. The molecule has 5 nitrogen and oxygen atoms in total. The Kier molecular flexibility index (Phi) is 4.50. The van der Waals surface area contributed by atoms with Crippen LogP contribution >= 0.6 is 11.6 Å². The Morgan fingerprint density at radius 3 is 2.70 bits per heavy atom. The molecule has 3 N–H and O–H groups in total. The van der Waals surface area contributed by atoms with Crippen molar-refractivity contribution in [2.75, 3.05) is 18.5 Å². The van der Waals surface area contributed by atoms with Gasteiger partial charge in [0.1, 0.15) is 0 Å². The predicted molar refractivity (Wildman–Crippen MR) is 80.6 cm³/mol. The maximum absolute atomic E-state index is 12.4. The van der Waals surface area contributed by atoms with Gasteiger partial charge in [0, 0.05) is 19.3 Å². The fourth-order valence-electron chi connectivity index (χ4n) is 2.45. The van der Waals surface area contributed by atoms with Crippen LogP contribution in [0.4, 0.5) is 5.82 Å². The molecule has 0 radical (unpaired) electrons. The number of pyridine rings is 1. The average Bonchev–Trinajstić information content (AvgIpc) is 2.47. The molecule has 2 heterocycles. The van der Waals surface area contributed by atoms with E-state index in [1.807, 2.05) is 4.90 Å². The number of amides is 1. The summed E-state index contributed by atoms with van der Waals surface area (Å²) in [6, 6.07) is 1.61. The number of hydrogen-bond acceptors (Lipinski definition) is 4. The van der Waals surface area contributed by atoms with E-state index in [0.29, 0.717) is 21.8 Å². The van der Waals surface area contributed by atoms with Crippen LogP contribution in [0.5, 0.6) is 0 Å². The number of hydrazine groups is 1. The largest absolute Gasteiger partial charge is 0.339 e. The zero-order valence-electron chi connectivity index (χ0n) is 11.9. The van der Waals surface area contributed by atoms with Crippen molar-refractivity contribution in [3.63, 3.8) is 0 Å². The molecule has 110 valence electrons. The summed E-state index contributed by atoms with van der Waals surface area (Å²) in [5.41, 5.74) is 3.26. The molecule has 6 heteroatoms. The molecule has 0 bridgehead atoms. The molecule has 0 unspecified atom stereocenters. The summed E-state index contributed by atoms with van der Waals surface area (Å²) in [6.07, 6.45) is 4.74. The van der Waals surface area contributed by atoms with Gasteiger partial charge in [-0.3, -0.25) is 4.79 Å². The molecule has 0 spiro atoms. The number of nitrogens with one attached hydrogen (secondary N) is 1. The Hall–Kier alpha value is -1.33. The van der Waals surface area contributed by atoms with Gasteiger partial charge in [0.25, 0.3) is 5.91 Å². The molecular formula is C14H21ClN4O. The smallest absolute Gasteiger partial charge is 0.255 e. The number of carbonyl (C=O) groups is 1. The van der Waals surface area contributed by atoms with Crippen LogP contribution in [0.3, 0.4) is 0 Å². The Morgan fingerprint density at radius 2 is 2.20 bits per heavy atom. The van der Waals surface area contributed by atoms with Gasteiger partial charge in [0.15, 0.2) is 5.82 Å². The van der Waals surface area contributed by atoms with Crippen molar-refractivity contribution in [1.82, 2.24) is 9.88 Å². The summed E-state index contributed by atoms with van der Waals surface area (Å²) < 4.78 is 0. The molecule has 1 aromatic rings. The van der Waals surface area contributed by atoms with Crippen LogP contribution in [-0.2, 0) is 0 Å². The van der Waals surface area contributed by atoms with Crippen molar-refractivity contribution in [3.8, 4) is 0 Å². The van der Waals surface area contributed by atoms with Gasteiger partial charge in [0.05, 0.1) is 10.6 Å².